The summed E-state index contributed by atoms with van der Waals surface area (Å²) in [6, 6.07) is 3.92. The van der Waals surface area contributed by atoms with Crippen LogP contribution in [-0.2, 0) is 0 Å². The molecule has 1 aromatic rings. The second kappa shape index (κ2) is 2.39. The maximum atomic E-state index is 4.73. The molecule has 0 bridgehead atoms. The SMILES string of the molecule is BrOc1ccc[pH]1. The predicted molar refractivity (Wildman–Crippen MR) is 35.5 cm³/mol. The Labute approximate surface area is 52.2 Å². The third kappa shape index (κ3) is 1.22. The van der Waals surface area contributed by atoms with E-state index < -0.39 is 0 Å². The van der Waals surface area contributed by atoms with Crippen LogP contribution in [0.15, 0.2) is 17.9 Å². The van der Waals surface area contributed by atoms with Crippen LogP contribution in [0.4, 0.5) is 0 Å². The summed E-state index contributed by atoms with van der Waals surface area (Å²) in [7, 11) is 0.711. The van der Waals surface area contributed by atoms with Crippen molar-refractivity contribution in [3.05, 3.63) is 17.9 Å². The lowest BCUT2D eigenvalue weighted by atomic mass is 10.7. The summed E-state index contributed by atoms with van der Waals surface area (Å²) >= 11 is 2.87. The molecule has 1 rings (SSSR count). The fraction of sp³-hybridized carbons (Fsp3) is 0. The van der Waals surface area contributed by atoms with Gasteiger partial charge in [0.15, 0.2) is 21.7 Å². The van der Waals surface area contributed by atoms with Crippen LogP contribution in [0, 0.1) is 0 Å². The molecule has 0 aliphatic carbocycles. The van der Waals surface area contributed by atoms with Gasteiger partial charge in [0, 0.05) is 0 Å². The Balaban J connectivity index is 2.76. The number of halogens is 1. The van der Waals surface area contributed by atoms with Crippen molar-refractivity contribution in [1.29, 1.82) is 0 Å². The quantitative estimate of drug-likeness (QED) is 0.642. The molecule has 1 heterocycles. The molecule has 0 aliphatic heterocycles. The topological polar surface area (TPSA) is 9.23 Å². The molecule has 0 spiro atoms. The van der Waals surface area contributed by atoms with E-state index in [1.807, 2.05) is 12.1 Å². The normalized spacial score (nSPS) is 9.86. The summed E-state index contributed by atoms with van der Waals surface area (Å²) in [6.45, 7) is 0. The first kappa shape index (κ1) is 5.20. The zero-order chi connectivity index (χ0) is 5.11. The highest BCUT2D eigenvalue weighted by Crippen LogP contribution is 2.25. The van der Waals surface area contributed by atoms with Crippen molar-refractivity contribution in [3.63, 3.8) is 0 Å². The van der Waals surface area contributed by atoms with Crippen LogP contribution in [0.2, 0.25) is 0 Å². The van der Waals surface area contributed by atoms with E-state index in [1.165, 1.54) is 0 Å². The molecule has 1 unspecified atom stereocenters. The summed E-state index contributed by atoms with van der Waals surface area (Å²) in [5.74, 6) is 2.07. The third-order valence-corrected chi connectivity index (χ3v) is 2.21. The molecule has 1 aromatic heterocycles. The van der Waals surface area contributed by atoms with Crippen molar-refractivity contribution in [2.24, 2.45) is 0 Å². The second-order valence-electron chi connectivity index (χ2n) is 1.11. The monoisotopic (exact) mass is 178 g/mol. The smallest absolute Gasteiger partial charge is 0.179 e. The molecule has 0 aromatic carbocycles. The van der Waals surface area contributed by atoms with Gasteiger partial charge >= 0.3 is 0 Å². The Morgan fingerprint density at radius 2 is 2.57 bits per heavy atom. The number of hydrogen-bond donors (Lipinski definition) is 0. The van der Waals surface area contributed by atoms with E-state index in [1.54, 1.807) is 0 Å². The predicted octanol–water partition coefficient (Wildman–Crippen LogP) is 2.41. The first-order chi connectivity index (χ1) is 3.43. The highest BCUT2D eigenvalue weighted by Gasteiger charge is 1.83. The summed E-state index contributed by atoms with van der Waals surface area (Å²) < 4.78 is 4.73. The molecule has 38 valence electrons. The molecule has 0 aliphatic rings. The molecule has 0 radical (unpaired) electrons. The van der Waals surface area contributed by atoms with E-state index in [2.05, 4.69) is 22.1 Å². The van der Waals surface area contributed by atoms with Crippen LogP contribution in [0.3, 0.4) is 0 Å². The maximum Gasteiger partial charge on any atom is 0.179 e. The second-order valence-corrected chi connectivity index (χ2v) is 2.55. The molecular formula is C4H4BrOP. The van der Waals surface area contributed by atoms with Crippen LogP contribution in [0.25, 0.3) is 0 Å². The molecule has 1 atom stereocenters. The van der Waals surface area contributed by atoms with Crippen molar-refractivity contribution in [2.75, 3.05) is 0 Å². The van der Waals surface area contributed by atoms with Gasteiger partial charge in [0.25, 0.3) is 0 Å². The van der Waals surface area contributed by atoms with E-state index in [0.717, 1.165) is 5.48 Å². The Morgan fingerprint density at radius 3 is 2.86 bits per heavy atom. The minimum atomic E-state index is 0.711. The first-order valence-electron chi connectivity index (χ1n) is 1.85. The zero-order valence-corrected chi connectivity index (χ0v) is 6.10. The van der Waals surface area contributed by atoms with E-state index >= 15 is 0 Å². The molecule has 7 heavy (non-hydrogen) atoms. The van der Waals surface area contributed by atoms with Gasteiger partial charge in [0.1, 0.15) is 0 Å². The van der Waals surface area contributed by atoms with E-state index in [9.17, 15) is 0 Å². The standard InChI is InChI=1S/C4H4BrOP/c5-6-4-2-1-3-7-4/h1-3,7H. The van der Waals surface area contributed by atoms with Crippen LogP contribution in [0.5, 0.6) is 5.48 Å². The van der Waals surface area contributed by atoms with Crippen molar-refractivity contribution in [2.45, 2.75) is 0 Å². The molecule has 3 heteroatoms. The molecular weight excluding hydrogens is 175 g/mol. The molecule has 0 saturated heterocycles. The Bertz CT molecular complexity index is 126. The van der Waals surface area contributed by atoms with Crippen LogP contribution < -0.4 is 3.83 Å². The molecule has 1 nitrogen and oxygen atoms in total. The van der Waals surface area contributed by atoms with Gasteiger partial charge in [0.2, 0.25) is 0 Å². The Kier molecular flexibility index (Phi) is 1.77. The van der Waals surface area contributed by atoms with Gasteiger partial charge < -0.3 is 3.83 Å². The van der Waals surface area contributed by atoms with Gasteiger partial charge in [-0.25, -0.2) is 0 Å². The van der Waals surface area contributed by atoms with Crippen LogP contribution in [-0.4, -0.2) is 0 Å². The lowest BCUT2D eigenvalue weighted by Crippen LogP contribution is -1.57. The third-order valence-electron chi connectivity index (χ3n) is 0.653. The van der Waals surface area contributed by atoms with Crippen molar-refractivity contribution in [3.8, 4) is 5.48 Å². The van der Waals surface area contributed by atoms with Crippen molar-refractivity contribution < 1.29 is 3.83 Å². The largest absolute Gasteiger partial charge is 0.414 e. The van der Waals surface area contributed by atoms with E-state index in [4.69, 9.17) is 3.83 Å². The average Bonchev–Trinajstić information content (AvgIpc) is 2.14. The highest BCUT2D eigenvalue weighted by atomic mass is 79.9. The van der Waals surface area contributed by atoms with Crippen LogP contribution in [0.1, 0.15) is 0 Å². The molecule has 0 fully saturated rings. The summed E-state index contributed by atoms with van der Waals surface area (Å²) in [5.41, 5.74) is 1.00. The summed E-state index contributed by atoms with van der Waals surface area (Å²) in [6.07, 6.45) is 0. The minimum absolute atomic E-state index is 0.711. The fourth-order valence-corrected chi connectivity index (χ4v) is 1.34. The number of hydrogen-bond acceptors (Lipinski definition) is 1. The fourth-order valence-electron chi connectivity index (χ4n) is 0.362. The lowest BCUT2D eigenvalue weighted by Gasteiger charge is -1.82. The average molecular weight is 179 g/mol. The molecule has 0 N–H and O–H groups in total. The van der Waals surface area contributed by atoms with Gasteiger partial charge in [-0.15, -0.1) is 0 Å². The Morgan fingerprint density at radius 1 is 1.71 bits per heavy atom. The van der Waals surface area contributed by atoms with Gasteiger partial charge in [-0.3, -0.25) is 0 Å². The molecule has 0 amide bonds. The summed E-state index contributed by atoms with van der Waals surface area (Å²) in [4.78, 5) is 0. The van der Waals surface area contributed by atoms with Crippen LogP contribution >= 0.6 is 24.5 Å². The molecule has 0 saturated carbocycles. The maximum absolute atomic E-state index is 4.73. The van der Waals surface area contributed by atoms with Gasteiger partial charge in [0.05, 0.1) is 0 Å². The van der Waals surface area contributed by atoms with E-state index in [-0.39, 0.29) is 0 Å². The zero-order valence-electron chi connectivity index (χ0n) is 3.52. The Hall–Kier alpha value is 0.0600. The minimum Gasteiger partial charge on any atom is -0.414 e. The number of rotatable bonds is 1. The van der Waals surface area contributed by atoms with E-state index in [0.29, 0.717) is 8.19 Å². The van der Waals surface area contributed by atoms with Gasteiger partial charge in [-0.05, 0) is 11.9 Å². The summed E-state index contributed by atoms with van der Waals surface area (Å²) in [5, 5.41) is 0. The van der Waals surface area contributed by atoms with Gasteiger partial charge in [-0.2, -0.15) is 0 Å². The van der Waals surface area contributed by atoms with Crippen molar-refractivity contribution >= 4 is 24.5 Å². The lowest BCUT2D eigenvalue weighted by molar-refractivity contribution is 0.700. The van der Waals surface area contributed by atoms with Gasteiger partial charge in [-0.1, -0.05) is 14.3 Å². The van der Waals surface area contributed by atoms with Crippen molar-refractivity contribution in [1.82, 2.24) is 0 Å². The highest BCUT2D eigenvalue weighted by molar-refractivity contribution is 9.06. The first-order valence-corrected chi connectivity index (χ1v) is 3.58.